The summed E-state index contributed by atoms with van der Waals surface area (Å²) in [6, 6.07) is 0.672. The Labute approximate surface area is 97.5 Å². The third kappa shape index (κ3) is 3.20. The van der Waals surface area contributed by atoms with Crippen LogP contribution in [-0.2, 0) is 11.6 Å². The van der Waals surface area contributed by atoms with Gasteiger partial charge in [0.2, 0.25) is 0 Å². The summed E-state index contributed by atoms with van der Waals surface area (Å²) < 4.78 is 37.3. The maximum Gasteiger partial charge on any atom is 0.488 e. The van der Waals surface area contributed by atoms with Crippen LogP contribution in [0.3, 0.4) is 0 Å². The zero-order valence-electron chi connectivity index (χ0n) is 9.71. The van der Waals surface area contributed by atoms with E-state index in [-0.39, 0.29) is 5.46 Å². The van der Waals surface area contributed by atoms with Crippen LogP contribution >= 0.6 is 0 Å². The Bertz CT molecular complexity index is 413. The molecule has 3 nitrogen and oxygen atoms in total. The van der Waals surface area contributed by atoms with Gasteiger partial charge in [-0.25, -0.2) is 0 Å². The van der Waals surface area contributed by atoms with Crippen LogP contribution in [0.4, 0.5) is 13.2 Å². The normalized spacial score (nSPS) is 12.7. The third-order valence-electron chi connectivity index (χ3n) is 2.31. The molecule has 1 aromatic heterocycles. The second-order valence-electron chi connectivity index (χ2n) is 4.78. The quantitative estimate of drug-likeness (QED) is 0.730. The van der Waals surface area contributed by atoms with Crippen LogP contribution in [-0.4, -0.2) is 22.2 Å². The van der Waals surface area contributed by atoms with Crippen LogP contribution in [0.5, 0.6) is 0 Å². The fourth-order valence-corrected chi connectivity index (χ4v) is 1.47. The van der Waals surface area contributed by atoms with E-state index in [2.05, 4.69) is 4.98 Å². The van der Waals surface area contributed by atoms with Crippen molar-refractivity contribution in [3.8, 4) is 0 Å². The van der Waals surface area contributed by atoms with Crippen molar-refractivity contribution in [2.75, 3.05) is 0 Å². The minimum absolute atomic E-state index is 0.167. The fourth-order valence-electron chi connectivity index (χ4n) is 1.47. The number of alkyl halides is 3. The van der Waals surface area contributed by atoms with Crippen LogP contribution < -0.4 is 5.46 Å². The number of halogens is 3. The number of pyridine rings is 1. The van der Waals surface area contributed by atoms with Crippen LogP contribution in [0.15, 0.2) is 12.3 Å². The predicted octanol–water partition coefficient (Wildman–Crippen LogP) is 1.08. The molecule has 1 aromatic rings. The lowest BCUT2D eigenvalue weighted by Gasteiger charge is -2.23. The van der Waals surface area contributed by atoms with Gasteiger partial charge in [-0.2, -0.15) is 13.2 Å². The zero-order chi connectivity index (χ0) is 13.4. The standard InChI is InChI=1S/C10H13BF3NO2/c1-9(2,3)6-5-15-8(10(12,13)14)4-7(6)11(16)17/h4-5,16-17H,1-3H3. The van der Waals surface area contributed by atoms with Crippen molar-refractivity contribution in [1.82, 2.24) is 4.98 Å². The van der Waals surface area contributed by atoms with Gasteiger partial charge in [0, 0.05) is 6.20 Å². The third-order valence-corrected chi connectivity index (χ3v) is 2.31. The van der Waals surface area contributed by atoms with E-state index in [4.69, 9.17) is 10.0 Å². The van der Waals surface area contributed by atoms with Gasteiger partial charge < -0.3 is 10.0 Å². The molecule has 0 spiro atoms. The highest BCUT2D eigenvalue weighted by Crippen LogP contribution is 2.28. The van der Waals surface area contributed by atoms with Crippen LogP contribution in [0.2, 0.25) is 0 Å². The minimum Gasteiger partial charge on any atom is -0.423 e. The first kappa shape index (κ1) is 14.0. The number of rotatable bonds is 1. The molecule has 0 bridgehead atoms. The maximum absolute atomic E-state index is 12.4. The lowest BCUT2D eigenvalue weighted by Crippen LogP contribution is -2.38. The van der Waals surface area contributed by atoms with Crippen molar-refractivity contribution in [2.45, 2.75) is 32.4 Å². The molecule has 2 N–H and O–H groups in total. The van der Waals surface area contributed by atoms with Gasteiger partial charge in [0.15, 0.2) is 0 Å². The van der Waals surface area contributed by atoms with Gasteiger partial charge in [-0.1, -0.05) is 20.8 Å². The van der Waals surface area contributed by atoms with Gasteiger partial charge in [-0.05, 0) is 22.5 Å². The summed E-state index contributed by atoms with van der Waals surface area (Å²) >= 11 is 0. The molecule has 7 heteroatoms. The summed E-state index contributed by atoms with van der Waals surface area (Å²) in [6.45, 7) is 5.26. The second-order valence-corrected chi connectivity index (χ2v) is 4.78. The number of hydrogen-bond donors (Lipinski definition) is 2. The predicted molar refractivity (Wildman–Crippen MR) is 57.8 cm³/mol. The molecule has 0 unspecified atom stereocenters. The van der Waals surface area contributed by atoms with Crippen molar-refractivity contribution in [3.05, 3.63) is 23.5 Å². The first-order valence-corrected chi connectivity index (χ1v) is 4.97. The topological polar surface area (TPSA) is 53.4 Å². The summed E-state index contributed by atoms with van der Waals surface area (Å²) in [6.07, 6.45) is -3.56. The van der Waals surface area contributed by atoms with E-state index in [9.17, 15) is 13.2 Å². The van der Waals surface area contributed by atoms with Crippen molar-refractivity contribution in [3.63, 3.8) is 0 Å². The summed E-state index contributed by atoms with van der Waals surface area (Å²) in [4.78, 5) is 3.31. The Hall–Kier alpha value is -1.08. The molecule has 0 saturated carbocycles. The molecule has 94 valence electrons. The SMILES string of the molecule is CC(C)(C)c1cnc(C(F)(F)F)cc1B(O)O. The molecule has 17 heavy (non-hydrogen) atoms. The van der Waals surface area contributed by atoms with Crippen molar-refractivity contribution in [2.24, 2.45) is 0 Å². The fraction of sp³-hybridized carbons (Fsp3) is 0.500. The number of aromatic nitrogens is 1. The van der Waals surface area contributed by atoms with E-state index >= 15 is 0 Å². The molecular weight excluding hydrogens is 234 g/mol. The van der Waals surface area contributed by atoms with E-state index < -0.39 is 24.4 Å². The highest BCUT2D eigenvalue weighted by atomic mass is 19.4. The van der Waals surface area contributed by atoms with E-state index in [0.717, 1.165) is 6.20 Å². The lowest BCUT2D eigenvalue weighted by molar-refractivity contribution is -0.141. The molecule has 1 rings (SSSR count). The maximum atomic E-state index is 12.4. The molecule has 0 amide bonds. The average Bonchev–Trinajstić information content (AvgIpc) is 2.14. The van der Waals surface area contributed by atoms with Gasteiger partial charge in [0.25, 0.3) is 0 Å². The molecule has 0 atom stereocenters. The van der Waals surface area contributed by atoms with Crippen LogP contribution in [0.25, 0.3) is 0 Å². The van der Waals surface area contributed by atoms with E-state index in [1.165, 1.54) is 0 Å². The highest BCUT2D eigenvalue weighted by Gasteiger charge is 2.35. The summed E-state index contributed by atoms with van der Waals surface area (Å²) in [5.41, 5.74) is -1.44. The molecular formula is C10H13BF3NO2. The van der Waals surface area contributed by atoms with Gasteiger partial charge in [0.1, 0.15) is 5.69 Å². The summed E-state index contributed by atoms with van der Waals surface area (Å²) in [5, 5.41) is 18.2. The molecule has 0 aliphatic carbocycles. The zero-order valence-corrected chi connectivity index (χ0v) is 9.71. The first-order chi connectivity index (χ1) is 7.53. The van der Waals surface area contributed by atoms with E-state index in [1.54, 1.807) is 20.8 Å². The van der Waals surface area contributed by atoms with Crippen LogP contribution in [0, 0.1) is 0 Å². The van der Waals surface area contributed by atoms with Gasteiger partial charge in [0.05, 0.1) is 0 Å². The van der Waals surface area contributed by atoms with Crippen molar-refractivity contribution < 1.29 is 23.2 Å². The Morgan fingerprint density at radius 2 is 1.71 bits per heavy atom. The average molecular weight is 247 g/mol. The molecule has 0 fully saturated rings. The summed E-state index contributed by atoms with van der Waals surface area (Å²) in [5.74, 6) is 0. The molecule has 0 saturated heterocycles. The van der Waals surface area contributed by atoms with E-state index in [0.29, 0.717) is 11.6 Å². The molecule has 1 heterocycles. The van der Waals surface area contributed by atoms with Crippen molar-refractivity contribution >= 4 is 12.6 Å². The molecule has 0 aromatic carbocycles. The molecule has 0 aliphatic heterocycles. The Morgan fingerprint density at radius 3 is 2.06 bits per heavy atom. The smallest absolute Gasteiger partial charge is 0.423 e. The monoisotopic (exact) mass is 247 g/mol. The minimum atomic E-state index is -4.60. The van der Waals surface area contributed by atoms with Gasteiger partial charge in [-0.15, -0.1) is 0 Å². The Morgan fingerprint density at radius 1 is 1.18 bits per heavy atom. The van der Waals surface area contributed by atoms with Gasteiger partial charge >= 0.3 is 13.3 Å². The largest absolute Gasteiger partial charge is 0.488 e. The Kier molecular flexibility index (Phi) is 3.54. The van der Waals surface area contributed by atoms with Gasteiger partial charge in [-0.3, -0.25) is 4.98 Å². The van der Waals surface area contributed by atoms with Crippen LogP contribution in [0.1, 0.15) is 32.0 Å². The summed E-state index contributed by atoms with van der Waals surface area (Å²) in [7, 11) is -1.95. The van der Waals surface area contributed by atoms with E-state index in [1.807, 2.05) is 0 Å². The lowest BCUT2D eigenvalue weighted by atomic mass is 9.71. The first-order valence-electron chi connectivity index (χ1n) is 4.97. The second kappa shape index (κ2) is 4.31. The highest BCUT2D eigenvalue weighted by molar-refractivity contribution is 6.59. The number of nitrogens with zero attached hydrogens (tertiary/aromatic N) is 1. The molecule has 0 radical (unpaired) electrons. The van der Waals surface area contributed by atoms with Crippen molar-refractivity contribution in [1.29, 1.82) is 0 Å². The molecule has 0 aliphatic rings. The number of hydrogen-bond acceptors (Lipinski definition) is 3. The Balaban J connectivity index is 3.38.